The Labute approximate surface area is 164 Å². The van der Waals surface area contributed by atoms with Crippen molar-refractivity contribution in [2.24, 2.45) is 0 Å². The minimum atomic E-state index is -3.68. The molecule has 1 saturated heterocycles. The fourth-order valence-corrected chi connectivity index (χ4v) is 3.96. The summed E-state index contributed by atoms with van der Waals surface area (Å²) in [4.78, 5) is 24.7. The third-order valence-electron chi connectivity index (χ3n) is 4.51. The number of nitrogens with one attached hydrogen (secondary N) is 2. The normalized spacial score (nSPS) is 17.8. The van der Waals surface area contributed by atoms with Crippen molar-refractivity contribution in [1.82, 2.24) is 10.6 Å². The zero-order valence-electron chi connectivity index (χ0n) is 15.4. The molecule has 0 bridgehead atoms. The van der Waals surface area contributed by atoms with Gasteiger partial charge in [-0.05, 0) is 24.6 Å². The lowest BCUT2D eigenvalue weighted by Gasteiger charge is -2.21. The van der Waals surface area contributed by atoms with E-state index >= 15 is 0 Å². The SMILES string of the molecule is Cc1ccc(S(=O)(=O)CNC(=O)[C@@H](N[C@H]2CCOC2=O)c2ccccc2)cc1. The summed E-state index contributed by atoms with van der Waals surface area (Å²) in [5, 5.41) is 5.47. The molecule has 1 amide bonds. The van der Waals surface area contributed by atoms with Gasteiger partial charge in [0.25, 0.3) is 0 Å². The summed E-state index contributed by atoms with van der Waals surface area (Å²) >= 11 is 0. The van der Waals surface area contributed by atoms with Gasteiger partial charge in [0.15, 0.2) is 9.84 Å². The van der Waals surface area contributed by atoms with E-state index in [1.165, 1.54) is 12.1 Å². The van der Waals surface area contributed by atoms with E-state index in [0.29, 0.717) is 18.6 Å². The average molecular weight is 402 g/mol. The topological polar surface area (TPSA) is 102 Å². The number of hydrogen-bond acceptors (Lipinski definition) is 6. The van der Waals surface area contributed by atoms with Crippen molar-refractivity contribution in [2.75, 3.05) is 12.5 Å². The molecule has 0 aliphatic carbocycles. The Morgan fingerprint density at radius 1 is 1.14 bits per heavy atom. The van der Waals surface area contributed by atoms with E-state index in [9.17, 15) is 18.0 Å². The molecule has 2 atom stereocenters. The van der Waals surface area contributed by atoms with Gasteiger partial charge >= 0.3 is 5.97 Å². The minimum absolute atomic E-state index is 0.141. The van der Waals surface area contributed by atoms with Gasteiger partial charge in [0.2, 0.25) is 5.91 Å². The quantitative estimate of drug-likeness (QED) is 0.681. The lowest BCUT2D eigenvalue weighted by Crippen LogP contribution is -2.45. The highest BCUT2D eigenvalue weighted by molar-refractivity contribution is 7.91. The number of amides is 1. The summed E-state index contributed by atoms with van der Waals surface area (Å²) in [6, 6.07) is 13.8. The second-order valence-electron chi connectivity index (χ2n) is 6.63. The van der Waals surface area contributed by atoms with Gasteiger partial charge in [-0.25, -0.2) is 8.42 Å². The van der Waals surface area contributed by atoms with Crippen LogP contribution in [-0.4, -0.2) is 38.8 Å². The molecule has 8 heteroatoms. The van der Waals surface area contributed by atoms with Gasteiger partial charge in [-0.15, -0.1) is 0 Å². The van der Waals surface area contributed by atoms with Crippen molar-refractivity contribution in [3.05, 3.63) is 65.7 Å². The van der Waals surface area contributed by atoms with E-state index in [1.54, 1.807) is 36.4 Å². The van der Waals surface area contributed by atoms with E-state index in [1.807, 2.05) is 13.0 Å². The number of carbonyl (C=O) groups excluding carboxylic acids is 2. The van der Waals surface area contributed by atoms with Crippen LogP contribution in [0, 0.1) is 6.92 Å². The van der Waals surface area contributed by atoms with Crippen LogP contribution >= 0.6 is 0 Å². The van der Waals surface area contributed by atoms with Gasteiger partial charge in [-0.3, -0.25) is 14.9 Å². The summed E-state index contributed by atoms with van der Waals surface area (Å²) in [6.07, 6.45) is 0.455. The molecule has 28 heavy (non-hydrogen) atoms. The molecular weight excluding hydrogens is 380 g/mol. The summed E-state index contributed by atoms with van der Waals surface area (Å²) in [6.45, 7) is 2.16. The van der Waals surface area contributed by atoms with Crippen LogP contribution in [0.25, 0.3) is 0 Å². The second-order valence-corrected chi connectivity index (χ2v) is 8.62. The number of carbonyl (C=O) groups is 2. The first-order valence-electron chi connectivity index (χ1n) is 8.91. The molecule has 0 radical (unpaired) electrons. The molecule has 148 valence electrons. The third-order valence-corrected chi connectivity index (χ3v) is 6.03. The highest BCUT2D eigenvalue weighted by atomic mass is 32.2. The van der Waals surface area contributed by atoms with Gasteiger partial charge in [0.05, 0.1) is 11.5 Å². The summed E-state index contributed by atoms with van der Waals surface area (Å²) < 4.78 is 29.9. The Kier molecular flexibility index (Phi) is 6.11. The highest BCUT2D eigenvalue weighted by Crippen LogP contribution is 2.18. The smallest absolute Gasteiger partial charge is 0.323 e. The third kappa shape index (κ3) is 4.76. The van der Waals surface area contributed by atoms with Crippen LogP contribution in [0.3, 0.4) is 0 Å². The Morgan fingerprint density at radius 3 is 2.43 bits per heavy atom. The monoisotopic (exact) mass is 402 g/mol. The van der Waals surface area contributed by atoms with Crippen molar-refractivity contribution in [1.29, 1.82) is 0 Å². The van der Waals surface area contributed by atoms with Crippen LogP contribution in [0.4, 0.5) is 0 Å². The van der Waals surface area contributed by atoms with Crippen molar-refractivity contribution in [3.63, 3.8) is 0 Å². The molecule has 1 fully saturated rings. The maximum Gasteiger partial charge on any atom is 0.323 e. The Hall–Kier alpha value is -2.71. The van der Waals surface area contributed by atoms with Crippen molar-refractivity contribution in [2.45, 2.75) is 30.3 Å². The number of sulfone groups is 1. The van der Waals surface area contributed by atoms with Crippen LogP contribution in [0.5, 0.6) is 0 Å². The van der Waals surface area contributed by atoms with Crippen molar-refractivity contribution >= 4 is 21.7 Å². The van der Waals surface area contributed by atoms with E-state index < -0.39 is 39.7 Å². The van der Waals surface area contributed by atoms with Gasteiger partial charge < -0.3 is 10.1 Å². The molecule has 3 rings (SSSR count). The molecule has 0 spiro atoms. The average Bonchev–Trinajstić information content (AvgIpc) is 3.10. The Bertz CT molecular complexity index is 942. The van der Waals surface area contributed by atoms with Crippen LogP contribution in [0.15, 0.2) is 59.5 Å². The van der Waals surface area contributed by atoms with Crippen molar-refractivity contribution < 1.29 is 22.7 Å². The fraction of sp³-hybridized carbons (Fsp3) is 0.300. The number of ether oxygens (including phenoxy) is 1. The molecule has 0 saturated carbocycles. The summed E-state index contributed by atoms with van der Waals surface area (Å²) in [7, 11) is -3.68. The van der Waals surface area contributed by atoms with Crippen LogP contribution < -0.4 is 10.6 Å². The molecule has 0 aromatic heterocycles. The summed E-state index contributed by atoms with van der Waals surface area (Å²) in [5.41, 5.74) is 1.58. The van der Waals surface area contributed by atoms with Crippen LogP contribution in [0.2, 0.25) is 0 Å². The Morgan fingerprint density at radius 2 is 1.82 bits per heavy atom. The first-order valence-corrected chi connectivity index (χ1v) is 10.6. The first-order chi connectivity index (χ1) is 13.4. The van der Waals surface area contributed by atoms with E-state index in [-0.39, 0.29) is 4.90 Å². The first kappa shape index (κ1) is 20.0. The van der Waals surface area contributed by atoms with E-state index in [0.717, 1.165) is 5.56 Å². The van der Waals surface area contributed by atoms with Gasteiger partial charge in [-0.2, -0.15) is 0 Å². The van der Waals surface area contributed by atoms with Gasteiger partial charge in [-0.1, -0.05) is 48.0 Å². The fourth-order valence-electron chi connectivity index (χ4n) is 2.91. The predicted octanol–water partition coefficient (Wildman–Crippen LogP) is 1.49. The molecule has 1 heterocycles. The second kappa shape index (κ2) is 8.53. The van der Waals surface area contributed by atoms with Gasteiger partial charge in [0.1, 0.15) is 18.0 Å². The van der Waals surface area contributed by atoms with E-state index in [2.05, 4.69) is 10.6 Å². The van der Waals surface area contributed by atoms with Gasteiger partial charge in [0, 0.05) is 6.42 Å². The van der Waals surface area contributed by atoms with E-state index in [4.69, 9.17) is 4.74 Å². The Balaban J connectivity index is 1.73. The number of benzene rings is 2. The number of aryl methyl sites for hydroxylation is 1. The number of cyclic esters (lactones) is 1. The standard InChI is InChI=1S/C20H22N2O5S/c1-14-7-9-16(10-8-14)28(25,26)13-21-19(23)18(15-5-3-2-4-6-15)22-17-11-12-27-20(17)24/h2-10,17-18,22H,11-13H2,1H3,(H,21,23)/t17-,18-/m0/s1. The molecule has 1 aliphatic rings. The largest absolute Gasteiger partial charge is 0.464 e. The molecule has 2 aromatic rings. The minimum Gasteiger partial charge on any atom is -0.464 e. The van der Waals surface area contributed by atoms with Crippen LogP contribution in [-0.2, 0) is 24.2 Å². The molecule has 2 aromatic carbocycles. The maximum atomic E-state index is 12.8. The maximum absolute atomic E-state index is 12.8. The number of esters is 1. The zero-order chi connectivity index (χ0) is 20.1. The molecular formula is C20H22N2O5S. The molecule has 7 nitrogen and oxygen atoms in total. The van der Waals surface area contributed by atoms with Crippen LogP contribution in [0.1, 0.15) is 23.6 Å². The summed E-state index contributed by atoms with van der Waals surface area (Å²) in [5.74, 6) is -1.47. The molecule has 2 N–H and O–H groups in total. The molecule has 1 aliphatic heterocycles. The zero-order valence-corrected chi connectivity index (χ0v) is 16.2. The van der Waals surface area contributed by atoms with Crippen molar-refractivity contribution in [3.8, 4) is 0 Å². The number of rotatable bonds is 7. The highest BCUT2D eigenvalue weighted by Gasteiger charge is 2.32. The lowest BCUT2D eigenvalue weighted by molar-refractivity contribution is -0.140. The predicted molar refractivity (Wildman–Crippen MR) is 103 cm³/mol. The lowest BCUT2D eigenvalue weighted by atomic mass is 10.0. The number of hydrogen-bond donors (Lipinski definition) is 2. The molecule has 0 unspecified atom stereocenters.